The van der Waals surface area contributed by atoms with Gasteiger partial charge >= 0.3 is 12.0 Å². The molecule has 2 aromatic rings. The molecular weight excluding hydrogens is 399 g/mol. The minimum Gasteiger partial charge on any atom is -0.463 e. The van der Waals surface area contributed by atoms with Crippen molar-refractivity contribution < 1.29 is 13.9 Å². The molecule has 2 amide bonds. The van der Waals surface area contributed by atoms with Gasteiger partial charge in [-0.05, 0) is 31.1 Å². The standard InChI is InChI=1S/C22H31FN6O2/c1-4-7-10-31-21-25-18-14-29(22(30)26-19(18)20(24)27-21)12-15-8-9-16(17(23)11-15)13-28(5-2)6-3/h8-9,11H,4-7,10,12-14H2,1-3H3,(H,26,30)(H2,24,25,27). The molecule has 0 spiro atoms. The smallest absolute Gasteiger partial charge is 0.322 e. The predicted molar refractivity (Wildman–Crippen MR) is 118 cm³/mol. The van der Waals surface area contributed by atoms with Gasteiger partial charge in [0.25, 0.3) is 0 Å². The molecule has 0 fully saturated rings. The highest BCUT2D eigenvalue weighted by molar-refractivity contribution is 5.94. The summed E-state index contributed by atoms with van der Waals surface area (Å²) in [5.41, 5.74) is 8.33. The molecule has 8 nitrogen and oxygen atoms in total. The Morgan fingerprint density at radius 3 is 2.71 bits per heavy atom. The lowest BCUT2D eigenvalue weighted by Crippen LogP contribution is -2.39. The molecule has 168 valence electrons. The number of aromatic nitrogens is 2. The molecular formula is C22H31FN6O2. The summed E-state index contributed by atoms with van der Waals surface area (Å²) in [7, 11) is 0. The maximum absolute atomic E-state index is 14.6. The Morgan fingerprint density at radius 2 is 2.03 bits per heavy atom. The van der Waals surface area contributed by atoms with Gasteiger partial charge in [0, 0.05) is 18.7 Å². The molecule has 1 aliphatic rings. The van der Waals surface area contributed by atoms with Crippen LogP contribution in [0.1, 0.15) is 50.4 Å². The number of hydrogen-bond acceptors (Lipinski definition) is 6. The highest BCUT2D eigenvalue weighted by Crippen LogP contribution is 2.29. The van der Waals surface area contributed by atoms with E-state index in [1.807, 2.05) is 6.07 Å². The Balaban J connectivity index is 1.72. The molecule has 1 aliphatic heterocycles. The lowest BCUT2D eigenvalue weighted by Gasteiger charge is -2.29. The second-order valence-electron chi connectivity index (χ2n) is 7.59. The number of nitrogens with one attached hydrogen (secondary N) is 1. The van der Waals surface area contributed by atoms with Gasteiger partial charge in [-0.2, -0.15) is 9.97 Å². The van der Waals surface area contributed by atoms with E-state index in [1.54, 1.807) is 11.0 Å². The van der Waals surface area contributed by atoms with Gasteiger partial charge in [0.1, 0.15) is 11.5 Å². The van der Waals surface area contributed by atoms with Gasteiger partial charge in [0.05, 0.1) is 18.8 Å². The van der Waals surface area contributed by atoms with Crippen molar-refractivity contribution in [2.45, 2.75) is 53.2 Å². The topological polar surface area (TPSA) is 96.6 Å². The van der Waals surface area contributed by atoms with Crippen LogP contribution in [0.25, 0.3) is 0 Å². The third-order valence-corrected chi connectivity index (χ3v) is 5.36. The van der Waals surface area contributed by atoms with E-state index in [9.17, 15) is 9.18 Å². The summed E-state index contributed by atoms with van der Waals surface area (Å²) in [5, 5.41) is 2.74. The fourth-order valence-corrected chi connectivity index (χ4v) is 3.42. The lowest BCUT2D eigenvalue weighted by molar-refractivity contribution is 0.202. The van der Waals surface area contributed by atoms with Crippen LogP contribution in [0.5, 0.6) is 6.01 Å². The van der Waals surface area contributed by atoms with E-state index in [0.717, 1.165) is 25.9 Å². The highest BCUT2D eigenvalue weighted by atomic mass is 19.1. The third kappa shape index (κ3) is 5.61. The number of ether oxygens (including phenoxy) is 1. The largest absolute Gasteiger partial charge is 0.463 e. The maximum atomic E-state index is 14.6. The summed E-state index contributed by atoms with van der Waals surface area (Å²) in [6, 6.07) is 5.02. The van der Waals surface area contributed by atoms with E-state index >= 15 is 0 Å². The first-order chi connectivity index (χ1) is 14.9. The maximum Gasteiger partial charge on any atom is 0.322 e. The van der Waals surface area contributed by atoms with Crippen LogP contribution in [0.2, 0.25) is 0 Å². The number of halogens is 1. The number of carbonyl (C=O) groups excluding carboxylic acids is 1. The van der Waals surface area contributed by atoms with Crippen molar-refractivity contribution in [1.82, 2.24) is 19.8 Å². The Kier molecular flexibility index (Phi) is 7.62. The molecule has 0 radical (unpaired) electrons. The summed E-state index contributed by atoms with van der Waals surface area (Å²) < 4.78 is 20.2. The summed E-state index contributed by atoms with van der Waals surface area (Å²) in [4.78, 5) is 24.8. The van der Waals surface area contributed by atoms with Crippen molar-refractivity contribution in [3.8, 4) is 6.01 Å². The number of fused-ring (bicyclic) bond motifs is 1. The Morgan fingerprint density at radius 1 is 1.26 bits per heavy atom. The van der Waals surface area contributed by atoms with Crippen molar-refractivity contribution in [1.29, 1.82) is 0 Å². The molecule has 0 aliphatic carbocycles. The van der Waals surface area contributed by atoms with Gasteiger partial charge < -0.3 is 20.7 Å². The van der Waals surface area contributed by atoms with Crippen molar-refractivity contribution in [2.75, 3.05) is 30.7 Å². The van der Waals surface area contributed by atoms with Gasteiger partial charge in [-0.1, -0.05) is 39.3 Å². The molecule has 3 rings (SSSR count). The van der Waals surface area contributed by atoms with Crippen LogP contribution in [0.15, 0.2) is 18.2 Å². The van der Waals surface area contributed by atoms with Crippen LogP contribution < -0.4 is 15.8 Å². The van der Waals surface area contributed by atoms with Crippen molar-refractivity contribution in [3.05, 3.63) is 40.8 Å². The quantitative estimate of drug-likeness (QED) is 0.557. The average Bonchev–Trinajstić information content (AvgIpc) is 2.75. The number of hydrogen-bond donors (Lipinski definition) is 2. The molecule has 2 heterocycles. The highest BCUT2D eigenvalue weighted by Gasteiger charge is 2.27. The van der Waals surface area contributed by atoms with Crippen molar-refractivity contribution in [2.24, 2.45) is 0 Å². The molecule has 3 N–H and O–H groups in total. The zero-order valence-electron chi connectivity index (χ0n) is 18.4. The number of nitrogens with zero attached hydrogens (tertiary/aromatic N) is 4. The molecule has 9 heteroatoms. The molecule has 31 heavy (non-hydrogen) atoms. The zero-order chi connectivity index (χ0) is 22.4. The Bertz CT molecular complexity index is 919. The second-order valence-corrected chi connectivity index (χ2v) is 7.59. The van der Waals surface area contributed by atoms with Crippen LogP contribution in [0, 0.1) is 5.82 Å². The van der Waals surface area contributed by atoms with E-state index in [2.05, 4.69) is 41.0 Å². The second kappa shape index (κ2) is 10.4. The van der Waals surface area contributed by atoms with Gasteiger partial charge in [0.15, 0.2) is 5.82 Å². The summed E-state index contributed by atoms with van der Waals surface area (Å²) in [5.74, 6) is -0.0864. The first-order valence-corrected chi connectivity index (χ1v) is 10.8. The zero-order valence-corrected chi connectivity index (χ0v) is 18.4. The molecule has 0 saturated carbocycles. The number of nitrogen functional groups attached to an aromatic ring is 1. The van der Waals surface area contributed by atoms with E-state index in [-0.39, 0.29) is 36.8 Å². The van der Waals surface area contributed by atoms with Crippen LogP contribution >= 0.6 is 0 Å². The van der Waals surface area contributed by atoms with Gasteiger partial charge in [-0.15, -0.1) is 0 Å². The van der Waals surface area contributed by atoms with Gasteiger partial charge in [-0.25, -0.2) is 9.18 Å². The molecule has 0 unspecified atom stereocenters. The molecule has 0 saturated heterocycles. The van der Waals surface area contributed by atoms with Gasteiger partial charge in [0.2, 0.25) is 0 Å². The fourth-order valence-electron chi connectivity index (χ4n) is 3.42. The number of unbranched alkanes of at least 4 members (excludes halogenated alkanes) is 1. The third-order valence-electron chi connectivity index (χ3n) is 5.36. The number of rotatable bonds is 10. The number of amides is 2. The summed E-state index contributed by atoms with van der Waals surface area (Å²) >= 11 is 0. The normalized spacial score (nSPS) is 13.3. The van der Waals surface area contributed by atoms with Gasteiger partial charge in [-0.3, -0.25) is 4.90 Å². The summed E-state index contributed by atoms with van der Waals surface area (Å²) in [6.45, 7) is 9.46. The van der Waals surface area contributed by atoms with Crippen LogP contribution in [-0.2, 0) is 19.6 Å². The monoisotopic (exact) mass is 430 g/mol. The Labute approximate surface area is 182 Å². The van der Waals surface area contributed by atoms with E-state index < -0.39 is 0 Å². The minimum atomic E-state index is -0.324. The van der Waals surface area contributed by atoms with Crippen molar-refractivity contribution >= 4 is 17.5 Å². The number of anilines is 2. The molecule has 1 aromatic carbocycles. The van der Waals surface area contributed by atoms with E-state index in [4.69, 9.17) is 10.5 Å². The minimum absolute atomic E-state index is 0.177. The fraction of sp³-hybridized carbons (Fsp3) is 0.500. The predicted octanol–water partition coefficient (Wildman–Crippen LogP) is 3.77. The first kappa shape index (κ1) is 22.7. The number of benzene rings is 1. The summed E-state index contributed by atoms with van der Waals surface area (Å²) in [6.07, 6.45) is 1.88. The average molecular weight is 431 g/mol. The number of urea groups is 1. The molecule has 0 bridgehead atoms. The Hall–Kier alpha value is -2.94. The van der Waals surface area contributed by atoms with E-state index in [1.165, 1.54) is 6.07 Å². The van der Waals surface area contributed by atoms with Crippen LogP contribution in [-0.4, -0.2) is 45.5 Å². The number of carbonyl (C=O) groups is 1. The van der Waals surface area contributed by atoms with E-state index in [0.29, 0.717) is 35.7 Å². The van der Waals surface area contributed by atoms with Crippen molar-refractivity contribution in [3.63, 3.8) is 0 Å². The first-order valence-electron chi connectivity index (χ1n) is 10.8. The molecule has 1 aromatic heterocycles. The van der Waals surface area contributed by atoms with Crippen LogP contribution in [0.3, 0.4) is 0 Å². The number of nitrogens with two attached hydrogens (primary N) is 1. The SMILES string of the molecule is CCCCOc1nc(N)c2c(n1)CN(Cc1ccc(CN(CC)CC)c(F)c1)C(=O)N2. The molecule has 0 atom stereocenters. The lowest BCUT2D eigenvalue weighted by atomic mass is 10.1. The van der Waals surface area contributed by atoms with Crippen LogP contribution in [0.4, 0.5) is 20.7 Å².